The lowest BCUT2D eigenvalue weighted by Crippen LogP contribution is -2.13. The number of benzene rings is 6. The molecule has 0 aromatic heterocycles. The highest BCUT2D eigenvalue weighted by Crippen LogP contribution is 2.63. The van der Waals surface area contributed by atoms with E-state index in [9.17, 15) is 4.89 Å². The molecule has 53 heavy (non-hydrogen) atoms. The van der Waals surface area contributed by atoms with Crippen molar-refractivity contribution in [3.8, 4) is 44.9 Å². The first-order valence-electron chi connectivity index (χ1n) is 20.3. The van der Waals surface area contributed by atoms with Crippen LogP contribution in [0.1, 0.15) is 95.9 Å². The predicted molar refractivity (Wildman–Crippen MR) is 222 cm³/mol. The molecule has 0 radical (unpaired) electrons. The van der Waals surface area contributed by atoms with E-state index in [1.54, 1.807) is 0 Å². The Balaban J connectivity index is 1.31. The average Bonchev–Trinajstić information content (AvgIpc) is 3.32. The SMILES string of the molecule is C=P1(O)Oc2c(-c3c4c(cc5c3CCCC5)CCCC4)cc3ccccc3c2-c2c(c(-c3c4c(cc5c3CCCC5)CCCC4)cc3ccccc23)O1. The van der Waals surface area contributed by atoms with Crippen LogP contribution in [-0.2, 0) is 51.4 Å². The van der Waals surface area contributed by atoms with Crippen molar-refractivity contribution in [2.24, 2.45) is 0 Å². The van der Waals surface area contributed by atoms with Crippen LogP contribution in [0.4, 0.5) is 0 Å². The molecule has 0 unspecified atom stereocenters. The minimum atomic E-state index is -3.66. The summed E-state index contributed by atoms with van der Waals surface area (Å²) in [6.45, 7) is 0. The summed E-state index contributed by atoms with van der Waals surface area (Å²) in [4.78, 5) is 12.4. The van der Waals surface area contributed by atoms with Crippen LogP contribution in [0.3, 0.4) is 0 Å². The van der Waals surface area contributed by atoms with Gasteiger partial charge in [-0.1, -0.05) is 60.7 Å². The van der Waals surface area contributed by atoms with E-state index in [0.717, 1.165) is 95.9 Å². The summed E-state index contributed by atoms with van der Waals surface area (Å²) in [5, 5.41) is 4.61. The van der Waals surface area contributed by atoms with Crippen molar-refractivity contribution in [3.05, 3.63) is 117 Å². The van der Waals surface area contributed by atoms with Crippen molar-refractivity contribution in [1.29, 1.82) is 0 Å². The van der Waals surface area contributed by atoms with E-state index in [-0.39, 0.29) is 0 Å². The van der Waals surface area contributed by atoms with Crippen molar-refractivity contribution in [2.45, 2.75) is 103 Å². The van der Waals surface area contributed by atoms with Gasteiger partial charge in [-0.2, -0.15) is 0 Å². The molecule has 0 spiro atoms. The van der Waals surface area contributed by atoms with Crippen molar-refractivity contribution in [2.75, 3.05) is 0 Å². The quantitative estimate of drug-likeness (QED) is 0.182. The highest BCUT2D eigenvalue weighted by Gasteiger charge is 2.36. The van der Waals surface area contributed by atoms with E-state index in [4.69, 9.17) is 9.05 Å². The van der Waals surface area contributed by atoms with Gasteiger partial charge in [-0.25, -0.2) is 0 Å². The minimum absolute atomic E-state index is 0.736. The van der Waals surface area contributed by atoms with Crippen LogP contribution in [0, 0.1) is 0 Å². The fourth-order valence-corrected chi connectivity index (χ4v) is 11.9. The molecule has 1 aliphatic heterocycles. The smallest absolute Gasteiger partial charge is 0.353 e. The fourth-order valence-electron chi connectivity index (χ4n) is 10.9. The number of rotatable bonds is 2. The molecule has 1 heterocycles. The van der Waals surface area contributed by atoms with Gasteiger partial charge in [0.15, 0.2) is 0 Å². The Labute approximate surface area is 313 Å². The number of aryl methyl sites for hydroxylation is 4. The molecular weight excluding hydrogens is 668 g/mol. The molecule has 4 heteroatoms. The average molecular weight is 715 g/mol. The molecular formula is C49H47O3P. The first kappa shape index (κ1) is 32.2. The summed E-state index contributed by atoms with van der Waals surface area (Å²) in [6.07, 6.45) is 23.0. The van der Waals surface area contributed by atoms with Gasteiger partial charge < -0.3 is 13.9 Å². The molecule has 1 N–H and O–H groups in total. The van der Waals surface area contributed by atoms with Crippen LogP contribution in [0.5, 0.6) is 11.5 Å². The van der Waals surface area contributed by atoms with Crippen molar-refractivity contribution in [3.63, 3.8) is 0 Å². The largest absolute Gasteiger partial charge is 0.423 e. The number of hydrogen-bond acceptors (Lipinski definition) is 3. The van der Waals surface area contributed by atoms with Gasteiger partial charge in [-0.3, -0.25) is 0 Å². The second kappa shape index (κ2) is 12.4. The molecule has 5 aliphatic rings. The van der Waals surface area contributed by atoms with Gasteiger partial charge in [-0.05, 0) is 192 Å². The number of hydrogen-bond donors (Lipinski definition) is 1. The topological polar surface area (TPSA) is 38.7 Å². The number of fused-ring (bicyclic) bond motifs is 11. The van der Waals surface area contributed by atoms with Crippen LogP contribution in [0.2, 0.25) is 0 Å². The van der Waals surface area contributed by atoms with Gasteiger partial charge >= 0.3 is 7.57 Å². The molecule has 266 valence electrons. The van der Waals surface area contributed by atoms with Crippen LogP contribution in [-0.4, -0.2) is 11.2 Å². The monoisotopic (exact) mass is 714 g/mol. The van der Waals surface area contributed by atoms with Crippen LogP contribution in [0.25, 0.3) is 54.9 Å². The molecule has 6 aromatic rings. The lowest BCUT2D eigenvalue weighted by atomic mass is 9.75. The Bertz CT molecular complexity index is 2330. The zero-order chi connectivity index (χ0) is 35.3. The van der Waals surface area contributed by atoms with E-state index in [1.807, 2.05) is 0 Å². The second-order valence-electron chi connectivity index (χ2n) is 16.4. The molecule has 0 saturated heterocycles. The van der Waals surface area contributed by atoms with E-state index >= 15 is 0 Å². The van der Waals surface area contributed by atoms with Gasteiger partial charge in [-0.15, -0.1) is 0 Å². The second-order valence-corrected chi connectivity index (χ2v) is 18.0. The molecule has 3 nitrogen and oxygen atoms in total. The van der Waals surface area contributed by atoms with E-state index in [1.165, 1.54) is 118 Å². The summed E-state index contributed by atoms with van der Waals surface area (Å²) in [6, 6.07) is 27.4. The Morgan fingerprint density at radius 2 is 0.774 bits per heavy atom. The Kier molecular flexibility index (Phi) is 7.51. The first-order chi connectivity index (χ1) is 26.0. The first-order valence-corrected chi connectivity index (χ1v) is 22.1. The summed E-state index contributed by atoms with van der Waals surface area (Å²) in [7, 11) is -3.66. The van der Waals surface area contributed by atoms with E-state index in [0.29, 0.717) is 0 Å². The molecule has 6 aromatic carbocycles. The minimum Gasteiger partial charge on any atom is -0.423 e. The maximum atomic E-state index is 12.4. The third-order valence-electron chi connectivity index (χ3n) is 13.2. The van der Waals surface area contributed by atoms with Crippen molar-refractivity contribution in [1.82, 2.24) is 0 Å². The van der Waals surface area contributed by atoms with E-state index in [2.05, 4.69) is 79.1 Å². The maximum absolute atomic E-state index is 12.4. The van der Waals surface area contributed by atoms with Gasteiger partial charge in [0.25, 0.3) is 0 Å². The molecule has 0 atom stereocenters. The van der Waals surface area contributed by atoms with Gasteiger partial charge in [0.2, 0.25) is 0 Å². The summed E-state index contributed by atoms with van der Waals surface area (Å²) in [5.41, 5.74) is 18.9. The van der Waals surface area contributed by atoms with Crippen LogP contribution >= 0.6 is 7.57 Å². The van der Waals surface area contributed by atoms with Crippen LogP contribution < -0.4 is 9.05 Å². The molecule has 0 bridgehead atoms. The Hall–Kier alpha value is -4.30. The lowest BCUT2D eigenvalue weighted by molar-refractivity contribution is 0.381. The Morgan fingerprint density at radius 3 is 1.15 bits per heavy atom. The molecule has 11 rings (SSSR count). The third-order valence-corrected chi connectivity index (χ3v) is 14.1. The van der Waals surface area contributed by atoms with Crippen LogP contribution in [0.15, 0.2) is 72.8 Å². The zero-order valence-electron chi connectivity index (χ0n) is 30.7. The normalized spacial score (nSPS) is 18.4. The fraction of sp³-hybridized carbons (Fsp3) is 0.327. The molecule has 0 saturated carbocycles. The molecule has 0 amide bonds. The zero-order valence-corrected chi connectivity index (χ0v) is 31.6. The van der Waals surface area contributed by atoms with Gasteiger partial charge in [0, 0.05) is 28.6 Å². The van der Waals surface area contributed by atoms with Gasteiger partial charge in [0.1, 0.15) is 11.5 Å². The highest BCUT2D eigenvalue weighted by molar-refractivity contribution is 7.59. The standard InChI is InChI=1S/C49H47O3P/c1-53(50)51-48-42(44-36-20-8-2-14-30(36)26-31-15-3-9-21-37(31)44)28-34-18-6-12-24-40(34)46(48)47-41-25-13-7-19-35(41)29-43(49(47)52-53)45-38-22-10-4-16-32(38)27-33-17-5-11-23-39(33)45/h6-7,12-13,18-19,24-29,50H,1-5,8-11,14-17,20-23H2. The molecule has 0 fully saturated rings. The van der Waals surface area contributed by atoms with E-state index < -0.39 is 7.57 Å². The van der Waals surface area contributed by atoms with Gasteiger partial charge in [0.05, 0.1) is 0 Å². The predicted octanol–water partition coefficient (Wildman–Crippen LogP) is 12.5. The maximum Gasteiger partial charge on any atom is 0.353 e. The lowest BCUT2D eigenvalue weighted by Gasteiger charge is -2.29. The Morgan fingerprint density at radius 1 is 0.434 bits per heavy atom. The summed E-state index contributed by atoms with van der Waals surface area (Å²) < 4.78 is 14.0. The summed E-state index contributed by atoms with van der Waals surface area (Å²) in [5.74, 6) is 1.47. The van der Waals surface area contributed by atoms with Crippen molar-refractivity contribution >= 4 is 35.4 Å². The third kappa shape index (κ3) is 5.10. The highest BCUT2D eigenvalue weighted by atomic mass is 31.2. The molecule has 4 aliphatic carbocycles. The summed E-state index contributed by atoms with van der Waals surface area (Å²) >= 11 is 0. The van der Waals surface area contributed by atoms with Crippen molar-refractivity contribution < 1.29 is 13.9 Å².